The molecule has 1 aliphatic heterocycles. The number of hydrogen-bond donors (Lipinski definition) is 2. The van der Waals surface area contributed by atoms with E-state index in [1.165, 1.54) is 32.1 Å². The van der Waals surface area contributed by atoms with Crippen LogP contribution >= 0.6 is 12.4 Å². The molecule has 1 aliphatic carbocycles. The van der Waals surface area contributed by atoms with Crippen LogP contribution in [0.1, 0.15) is 57.8 Å². The van der Waals surface area contributed by atoms with Crippen LogP contribution in [-0.2, 0) is 9.53 Å². The number of carbonyl (C=O) groups is 1. The van der Waals surface area contributed by atoms with Gasteiger partial charge < -0.3 is 15.8 Å². The lowest BCUT2D eigenvalue weighted by molar-refractivity contribution is -0.132. The van der Waals surface area contributed by atoms with Crippen molar-refractivity contribution in [3.63, 3.8) is 0 Å². The van der Waals surface area contributed by atoms with E-state index in [0.717, 1.165) is 25.7 Å². The molecule has 0 spiro atoms. The second-order valence-electron chi connectivity index (χ2n) is 5.61. The number of nitrogens with one attached hydrogen (secondary N) is 1. The Hall–Kier alpha value is -0.320. The predicted octanol–water partition coefficient (Wildman–Crippen LogP) is 2.14. The smallest absolute Gasteiger partial charge is 0.249 e. The Labute approximate surface area is 122 Å². The molecular formula is C14H27ClN2O2. The summed E-state index contributed by atoms with van der Waals surface area (Å²) < 4.78 is 5.63. The van der Waals surface area contributed by atoms with Gasteiger partial charge in [-0.2, -0.15) is 0 Å². The third-order valence-corrected chi connectivity index (χ3v) is 4.11. The third-order valence-electron chi connectivity index (χ3n) is 4.11. The molecule has 19 heavy (non-hydrogen) atoms. The lowest BCUT2D eigenvalue weighted by atomic mass is 9.96. The van der Waals surface area contributed by atoms with Gasteiger partial charge in [0.25, 0.3) is 0 Å². The normalized spacial score (nSPS) is 29.1. The van der Waals surface area contributed by atoms with E-state index in [4.69, 9.17) is 10.5 Å². The Balaban J connectivity index is 0.00000180. The molecule has 0 aromatic carbocycles. The van der Waals surface area contributed by atoms with Gasteiger partial charge in [0.2, 0.25) is 5.91 Å². The van der Waals surface area contributed by atoms with E-state index < -0.39 is 0 Å². The van der Waals surface area contributed by atoms with Crippen LogP contribution in [0.25, 0.3) is 0 Å². The number of hydrogen-bond acceptors (Lipinski definition) is 3. The third kappa shape index (κ3) is 5.28. The summed E-state index contributed by atoms with van der Waals surface area (Å²) in [5, 5.41) is 3.17. The fraction of sp³-hybridized carbons (Fsp3) is 0.929. The van der Waals surface area contributed by atoms with Crippen LogP contribution in [0, 0.1) is 0 Å². The van der Waals surface area contributed by atoms with Crippen molar-refractivity contribution in [1.29, 1.82) is 0 Å². The zero-order valence-electron chi connectivity index (χ0n) is 11.6. The summed E-state index contributed by atoms with van der Waals surface area (Å²) in [6, 6.07) is 0.360. The van der Waals surface area contributed by atoms with Crippen LogP contribution in [0.5, 0.6) is 0 Å². The first-order valence-corrected chi connectivity index (χ1v) is 7.45. The van der Waals surface area contributed by atoms with Gasteiger partial charge in [-0.1, -0.05) is 32.1 Å². The Morgan fingerprint density at radius 2 is 1.68 bits per heavy atom. The molecule has 0 bridgehead atoms. The van der Waals surface area contributed by atoms with Crippen molar-refractivity contribution >= 4 is 18.3 Å². The topological polar surface area (TPSA) is 64.4 Å². The molecule has 1 saturated carbocycles. The van der Waals surface area contributed by atoms with Crippen molar-refractivity contribution < 1.29 is 9.53 Å². The second kappa shape index (κ2) is 8.77. The molecule has 1 saturated heterocycles. The maximum atomic E-state index is 12.1. The van der Waals surface area contributed by atoms with Crippen LogP contribution in [0.3, 0.4) is 0 Å². The Morgan fingerprint density at radius 1 is 1.05 bits per heavy atom. The molecule has 2 rings (SSSR count). The molecule has 2 atom stereocenters. The van der Waals surface area contributed by atoms with Gasteiger partial charge in [0.1, 0.15) is 6.10 Å². The molecule has 1 amide bonds. The molecule has 0 aromatic rings. The molecule has 0 aromatic heterocycles. The summed E-state index contributed by atoms with van der Waals surface area (Å²) in [4.78, 5) is 12.1. The van der Waals surface area contributed by atoms with Gasteiger partial charge in [-0.05, 0) is 25.7 Å². The quantitative estimate of drug-likeness (QED) is 0.837. The van der Waals surface area contributed by atoms with E-state index in [0.29, 0.717) is 12.6 Å². The zero-order chi connectivity index (χ0) is 12.8. The highest BCUT2D eigenvalue weighted by molar-refractivity contribution is 5.85. The van der Waals surface area contributed by atoms with Gasteiger partial charge in [0, 0.05) is 12.6 Å². The van der Waals surface area contributed by atoms with E-state index in [1.54, 1.807) is 0 Å². The molecule has 2 aliphatic rings. The van der Waals surface area contributed by atoms with Crippen LogP contribution in [0.4, 0.5) is 0 Å². The summed E-state index contributed by atoms with van der Waals surface area (Å²) in [6.45, 7) is 0.521. The van der Waals surface area contributed by atoms with Crippen molar-refractivity contribution in [3.8, 4) is 0 Å². The van der Waals surface area contributed by atoms with Gasteiger partial charge >= 0.3 is 0 Å². The van der Waals surface area contributed by atoms with Gasteiger partial charge in [-0.15, -0.1) is 12.4 Å². The van der Waals surface area contributed by atoms with E-state index in [1.807, 2.05) is 0 Å². The lowest BCUT2D eigenvalue weighted by Gasteiger charge is -2.22. The summed E-state index contributed by atoms with van der Waals surface area (Å²) >= 11 is 0. The molecule has 112 valence electrons. The van der Waals surface area contributed by atoms with Crippen molar-refractivity contribution in [3.05, 3.63) is 0 Å². The second-order valence-corrected chi connectivity index (χ2v) is 5.61. The highest BCUT2D eigenvalue weighted by atomic mass is 35.5. The van der Waals surface area contributed by atoms with Gasteiger partial charge in [-0.25, -0.2) is 0 Å². The maximum Gasteiger partial charge on any atom is 0.249 e. The highest BCUT2D eigenvalue weighted by Crippen LogP contribution is 2.21. The summed E-state index contributed by atoms with van der Waals surface area (Å²) in [5.74, 6) is 0.0801. The van der Waals surface area contributed by atoms with E-state index in [-0.39, 0.29) is 30.5 Å². The van der Waals surface area contributed by atoms with Gasteiger partial charge in [-0.3, -0.25) is 4.79 Å². The van der Waals surface area contributed by atoms with Crippen molar-refractivity contribution in [1.82, 2.24) is 5.32 Å². The predicted molar refractivity (Wildman–Crippen MR) is 78.4 cm³/mol. The van der Waals surface area contributed by atoms with Gasteiger partial charge in [0.15, 0.2) is 0 Å². The molecular weight excluding hydrogens is 264 g/mol. The molecule has 0 unspecified atom stereocenters. The fourth-order valence-corrected chi connectivity index (χ4v) is 2.97. The number of ether oxygens (including phenoxy) is 1. The average molecular weight is 291 g/mol. The SMILES string of the molecule is Cl.NC[C@H]1CC[C@@H](C(=O)NC2CCCCCCC2)O1. The first-order valence-electron chi connectivity index (χ1n) is 7.45. The number of amides is 1. The molecule has 1 heterocycles. The maximum absolute atomic E-state index is 12.1. The standard InChI is InChI=1S/C14H26N2O2.ClH/c15-10-12-8-9-13(18-12)14(17)16-11-6-4-2-1-3-5-7-11;/h11-13H,1-10,15H2,(H,16,17);1H/t12-,13+;/m1./s1. The number of rotatable bonds is 3. The van der Waals surface area contributed by atoms with Crippen LogP contribution in [-0.4, -0.2) is 30.7 Å². The first kappa shape index (κ1) is 16.7. The average Bonchev–Trinajstić information content (AvgIpc) is 2.81. The van der Waals surface area contributed by atoms with Gasteiger partial charge in [0.05, 0.1) is 6.10 Å². The summed E-state index contributed by atoms with van der Waals surface area (Å²) in [5.41, 5.74) is 5.56. The number of nitrogens with two attached hydrogens (primary N) is 1. The van der Waals surface area contributed by atoms with Crippen molar-refractivity contribution in [2.24, 2.45) is 5.73 Å². The summed E-state index contributed by atoms with van der Waals surface area (Å²) in [6.07, 6.45) is 10.2. The lowest BCUT2D eigenvalue weighted by Crippen LogP contribution is -2.42. The number of carbonyl (C=O) groups excluding carboxylic acids is 1. The molecule has 4 nitrogen and oxygen atoms in total. The zero-order valence-corrected chi connectivity index (χ0v) is 12.4. The van der Waals surface area contributed by atoms with Crippen molar-refractivity contribution in [2.45, 2.75) is 76.0 Å². The van der Waals surface area contributed by atoms with E-state index >= 15 is 0 Å². The minimum absolute atomic E-state index is 0. The minimum atomic E-state index is -0.260. The van der Waals surface area contributed by atoms with E-state index in [2.05, 4.69) is 5.32 Å². The molecule has 5 heteroatoms. The summed E-state index contributed by atoms with van der Waals surface area (Å²) in [7, 11) is 0. The van der Waals surface area contributed by atoms with Crippen molar-refractivity contribution in [2.75, 3.05) is 6.54 Å². The Bertz CT molecular complexity index is 268. The largest absolute Gasteiger partial charge is 0.364 e. The van der Waals surface area contributed by atoms with Crippen LogP contribution in [0.2, 0.25) is 0 Å². The molecule has 2 fully saturated rings. The fourth-order valence-electron chi connectivity index (χ4n) is 2.97. The van der Waals surface area contributed by atoms with E-state index in [9.17, 15) is 4.79 Å². The van der Waals surface area contributed by atoms with Crippen LogP contribution < -0.4 is 11.1 Å². The highest BCUT2D eigenvalue weighted by Gasteiger charge is 2.30. The molecule has 0 radical (unpaired) electrons. The first-order chi connectivity index (χ1) is 8.79. The Kier molecular flexibility index (Phi) is 7.73. The van der Waals surface area contributed by atoms with Crippen LogP contribution in [0.15, 0.2) is 0 Å². The Morgan fingerprint density at radius 3 is 2.26 bits per heavy atom. The minimum Gasteiger partial charge on any atom is -0.364 e. The monoisotopic (exact) mass is 290 g/mol. The number of halogens is 1. The molecule has 3 N–H and O–H groups in total.